The van der Waals surface area contributed by atoms with Crippen molar-refractivity contribution in [1.29, 1.82) is 0 Å². The van der Waals surface area contributed by atoms with Gasteiger partial charge in [0.05, 0.1) is 9.79 Å². The predicted octanol–water partition coefficient (Wildman–Crippen LogP) is 2.42. The lowest BCUT2D eigenvalue weighted by Gasteiger charge is -2.24. The van der Waals surface area contributed by atoms with Gasteiger partial charge in [0.25, 0.3) is 0 Å². The molecule has 1 saturated heterocycles. The molecule has 1 aliphatic rings. The summed E-state index contributed by atoms with van der Waals surface area (Å²) in [6.07, 6.45) is 4.66. The maximum atomic E-state index is 14.1. The molecule has 3 nitrogen and oxygen atoms in total. The van der Waals surface area contributed by atoms with Crippen molar-refractivity contribution in [2.75, 3.05) is 25.6 Å². The second-order valence-electron chi connectivity index (χ2n) is 4.83. The van der Waals surface area contributed by atoms with Crippen LogP contribution < -0.4 is 5.32 Å². The number of hydrogen-bond acceptors (Lipinski definition) is 4. The number of halogens is 1. The standard InChI is InChI=1S/C13H18FNO2S2/c1-18-13-11(14)7-10(8-12(13)19(2,16)17)9-3-5-15-6-4-9/h7-9,15H,3-6H2,1-2H3. The topological polar surface area (TPSA) is 46.2 Å². The highest BCUT2D eigenvalue weighted by Gasteiger charge is 2.22. The van der Waals surface area contributed by atoms with Crippen molar-refractivity contribution < 1.29 is 12.8 Å². The lowest BCUT2D eigenvalue weighted by molar-refractivity contribution is 0.456. The van der Waals surface area contributed by atoms with Crippen molar-refractivity contribution in [3.05, 3.63) is 23.5 Å². The summed E-state index contributed by atoms with van der Waals surface area (Å²) in [6.45, 7) is 1.79. The minimum atomic E-state index is -3.41. The van der Waals surface area contributed by atoms with E-state index in [0.29, 0.717) is 0 Å². The first-order chi connectivity index (χ1) is 8.93. The van der Waals surface area contributed by atoms with E-state index in [4.69, 9.17) is 0 Å². The minimum Gasteiger partial charge on any atom is -0.317 e. The monoisotopic (exact) mass is 303 g/mol. The summed E-state index contributed by atoms with van der Waals surface area (Å²) in [6, 6.07) is 3.15. The average molecular weight is 303 g/mol. The summed E-state index contributed by atoms with van der Waals surface area (Å²) in [4.78, 5) is 0.341. The van der Waals surface area contributed by atoms with Gasteiger partial charge in [-0.1, -0.05) is 0 Å². The number of piperidine rings is 1. The molecule has 0 aromatic heterocycles. The Hall–Kier alpha value is -0.590. The Balaban J connectivity index is 2.50. The molecule has 1 aliphatic heterocycles. The summed E-state index contributed by atoms with van der Waals surface area (Å²) >= 11 is 1.14. The molecular formula is C13H18FNO2S2. The molecule has 19 heavy (non-hydrogen) atoms. The van der Waals surface area contributed by atoms with Crippen LogP contribution in [0.25, 0.3) is 0 Å². The molecule has 0 amide bonds. The Morgan fingerprint density at radius 2 is 1.95 bits per heavy atom. The summed E-state index contributed by atoms with van der Waals surface area (Å²) in [5, 5.41) is 3.25. The molecule has 0 saturated carbocycles. The van der Waals surface area contributed by atoms with Gasteiger partial charge in [-0.3, -0.25) is 0 Å². The number of sulfone groups is 1. The van der Waals surface area contributed by atoms with Crippen molar-refractivity contribution in [1.82, 2.24) is 5.32 Å². The summed E-state index contributed by atoms with van der Waals surface area (Å²) < 4.78 is 37.7. The molecule has 1 N–H and O–H groups in total. The minimum absolute atomic E-state index is 0.119. The quantitative estimate of drug-likeness (QED) is 0.871. The van der Waals surface area contributed by atoms with Crippen LogP contribution in [0.3, 0.4) is 0 Å². The van der Waals surface area contributed by atoms with Crippen molar-refractivity contribution in [3.8, 4) is 0 Å². The van der Waals surface area contributed by atoms with Crippen LogP contribution in [0.2, 0.25) is 0 Å². The zero-order valence-corrected chi connectivity index (χ0v) is 12.7. The fraction of sp³-hybridized carbons (Fsp3) is 0.538. The van der Waals surface area contributed by atoms with Gasteiger partial charge in [0.15, 0.2) is 9.84 Å². The van der Waals surface area contributed by atoms with E-state index in [0.717, 1.165) is 49.5 Å². The fourth-order valence-corrected chi connectivity index (χ4v) is 4.46. The van der Waals surface area contributed by atoms with Crippen LogP contribution in [0.1, 0.15) is 24.3 Å². The highest BCUT2D eigenvalue weighted by molar-refractivity contribution is 7.99. The predicted molar refractivity (Wildman–Crippen MR) is 76.1 cm³/mol. The van der Waals surface area contributed by atoms with Crippen molar-refractivity contribution in [2.45, 2.75) is 28.6 Å². The third-order valence-electron chi connectivity index (χ3n) is 3.45. The molecule has 1 fully saturated rings. The largest absolute Gasteiger partial charge is 0.317 e. The maximum Gasteiger partial charge on any atom is 0.176 e. The van der Waals surface area contributed by atoms with E-state index >= 15 is 0 Å². The Morgan fingerprint density at radius 3 is 2.47 bits per heavy atom. The number of nitrogens with one attached hydrogen (secondary N) is 1. The number of thioether (sulfide) groups is 1. The number of benzene rings is 1. The van der Waals surface area contributed by atoms with E-state index in [1.54, 1.807) is 12.3 Å². The van der Waals surface area contributed by atoms with Gasteiger partial charge in [-0.2, -0.15) is 0 Å². The van der Waals surface area contributed by atoms with E-state index in [-0.39, 0.29) is 15.7 Å². The molecule has 0 bridgehead atoms. The number of hydrogen-bond donors (Lipinski definition) is 1. The highest BCUT2D eigenvalue weighted by atomic mass is 32.2. The van der Waals surface area contributed by atoms with Crippen molar-refractivity contribution in [2.24, 2.45) is 0 Å². The van der Waals surface area contributed by atoms with Crippen LogP contribution in [0.5, 0.6) is 0 Å². The van der Waals surface area contributed by atoms with E-state index in [1.807, 2.05) is 0 Å². The van der Waals surface area contributed by atoms with E-state index < -0.39 is 15.7 Å². The molecule has 0 aliphatic carbocycles. The van der Waals surface area contributed by atoms with Gasteiger partial charge in [-0.25, -0.2) is 12.8 Å². The summed E-state index contributed by atoms with van der Waals surface area (Å²) in [7, 11) is -3.41. The van der Waals surface area contributed by atoms with Gasteiger partial charge in [-0.05, 0) is 55.8 Å². The first-order valence-electron chi connectivity index (χ1n) is 6.21. The molecule has 0 atom stereocenters. The molecule has 106 valence electrons. The molecule has 1 aromatic carbocycles. The first kappa shape index (κ1) is 14.8. The van der Waals surface area contributed by atoms with Gasteiger partial charge in [-0.15, -0.1) is 11.8 Å². The zero-order valence-electron chi connectivity index (χ0n) is 11.1. The SMILES string of the molecule is CSc1c(F)cc(C2CCNCC2)cc1S(C)(=O)=O. The molecule has 1 aromatic rings. The fourth-order valence-electron chi connectivity index (χ4n) is 2.45. The Morgan fingerprint density at radius 1 is 1.32 bits per heavy atom. The van der Waals surface area contributed by atoms with E-state index in [1.165, 1.54) is 6.07 Å². The van der Waals surface area contributed by atoms with Gasteiger partial charge < -0.3 is 5.32 Å². The van der Waals surface area contributed by atoms with E-state index in [2.05, 4.69) is 5.32 Å². The van der Waals surface area contributed by atoms with Gasteiger partial charge >= 0.3 is 0 Å². The second kappa shape index (κ2) is 5.81. The first-order valence-corrected chi connectivity index (χ1v) is 9.33. The van der Waals surface area contributed by atoms with Gasteiger partial charge in [0.1, 0.15) is 5.82 Å². The second-order valence-corrected chi connectivity index (χ2v) is 7.63. The van der Waals surface area contributed by atoms with Crippen LogP contribution >= 0.6 is 11.8 Å². The van der Waals surface area contributed by atoms with Crippen molar-refractivity contribution >= 4 is 21.6 Å². The smallest absolute Gasteiger partial charge is 0.176 e. The normalized spacial score (nSPS) is 17.6. The lowest BCUT2D eigenvalue weighted by Crippen LogP contribution is -2.26. The Kier molecular flexibility index (Phi) is 4.53. The van der Waals surface area contributed by atoms with Crippen LogP contribution in [0.4, 0.5) is 4.39 Å². The van der Waals surface area contributed by atoms with Gasteiger partial charge in [0.2, 0.25) is 0 Å². The Bertz CT molecular complexity index is 566. The lowest BCUT2D eigenvalue weighted by atomic mass is 9.90. The molecule has 0 radical (unpaired) electrons. The highest BCUT2D eigenvalue weighted by Crippen LogP contribution is 2.34. The molecule has 0 spiro atoms. The molecule has 6 heteroatoms. The molecule has 1 heterocycles. The summed E-state index contributed by atoms with van der Waals surface area (Å²) in [5.74, 6) is -0.184. The molecule has 2 rings (SSSR count). The van der Waals surface area contributed by atoms with Crippen LogP contribution in [-0.4, -0.2) is 34.0 Å². The molecule has 0 unspecified atom stereocenters. The third kappa shape index (κ3) is 3.30. The third-order valence-corrected chi connectivity index (χ3v) is 5.52. The Labute approximate surface area is 117 Å². The summed E-state index contributed by atoms with van der Waals surface area (Å²) in [5.41, 5.74) is 0.803. The van der Waals surface area contributed by atoms with Crippen LogP contribution in [-0.2, 0) is 9.84 Å². The van der Waals surface area contributed by atoms with Crippen LogP contribution in [0.15, 0.2) is 21.9 Å². The van der Waals surface area contributed by atoms with E-state index in [9.17, 15) is 12.8 Å². The maximum absolute atomic E-state index is 14.1. The average Bonchev–Trinajstić information content (AvgIpc) is 2.37. The number of rotatable bonds is 3. The van der Waals surface area contributed by atoms with Crippen LogP contribution in [0, 0.1) is 5.82 Å². The zero-order chi connectivity index (χ0) is 14.0. The van der Waals surface area contributed by atoms with Gasteiger partial charge in [0, 0.05) is 6.26 Å². The molecular weight excluding hydrogens is 285 g/mol. The van der Waals surface area contributed by atoms with Crippen molar-refractivity contribution in [3.63, 3.8) is 0 Å².